The fraction of sp³-hybridized carbons (Fsp3) is 0.353. The van der Waals surface area contributed by atoms with Gasteiger partial charge in [0.2, 0.25) is 5.91 Å². The Balaban J connectivity index is 1.52. The molecule has 2 heterocycles. The van der Waals surface area contributed by atoms with Crippen molar-refractivity contribution < 1.29 is 9.59 Å². The molecule has 2 amide bonds. The second-order valence-electron chi connectivity index (χ2n) is 5.84. The number of hydrogen-bond acceptors (Lipinski definition) is 4. The van der Waals surface area contributed by atoms with Gasteiger partial charge in [0.05, 0.1) is 0 Å². The van der Waals surface area contributed by atoms with E-state index in [0.717, 1.165) is 41.9 Å². The molecule has 0 radical (unpaired) electrons. The normalized spacial score (nSPS) is 13.2. The molecule has 24 heavy (non-hydrogen) atoms. The third kappa shape index (κ3) is 3.80. The summed E-state index contributed by atoms with van der Waals surface area (Å²) in [5.74, 6) is -0.238. The maximum absolute atomic E-state index is 12.3. The molecule has 0 unspecified atom stereocenters. The molecule has 0 bridgehead atoms. The minimum absolute atomic E-state index is 0.0909. The average Bonchev–Trinajstić information content (AvgIpc) is 3.00. The Morgan fingerprint density at radius 2 is 2.04 bits per heavy atom. The third-order valence-corrected chi connectivity index (χ3v) is 3.99. The van der Waals surface area contributed by atoms with E-state index < -0.39 is 0 Å². The lowest BCUT2D eigenvalue weighted by atomic mass is 10.1. The Morgan fingerprint density at radius 1 is 1.25 bits per heavy atom. The van der Waals surface area contributed by atoms with E-state index in [4.69, 9.17) is 0 Å². The van der Waals surface area contributed by atoms with Crippen molar-refractivity contribution in [2.75, 3.05) is 18.4 Å². The van der Waals surface area contributed by atoms with E-state index in [-0.39, 0.29) is 11.8 Å². The van der Waals surface area contributed by atoms with E-state index in [1.165, 1.54) is 6.92 Å². The van der Waals surface area contributed by atoms with E-state index in [1.54, 1.807) is 0 Å². The van der Waals surface area contributed by atoms with Crippen molar-refractivity contribution in [3.63, 3.8) is 0 Å². The fourth-order valence-electron chi connectivity index (χ4n) is 2.78. The molecule has 0 atom stereocenters. The third-order valence-electron chi connectivity index (χ3n) is 3.99. The second-order valence-corrected chi connectivity index (χ2v) is 5.84. The smallest absolute Gasteiger partial charge is 0.272 e. The number of nitrogens with one attached hydrogen (secondary N) is 4. The summed E-state index contributed by atoms with van der Waals surface area (Å²) in [6.07, 6.45) is 1.59. The Bertz CT molecular complexity index is 736. The molecule has 7 nitrogen and oxygen atoms in total. The Hall–Kier alpha value is -2.67. The van der Waals surface area contributed by atoms with Gasteiger partial charge in [0.15, 0.2) is 5.69 Å². The van der Waals surface area contributed by atoms with Crippen LogP contribution in [-0.2, 0) is 24.2 Å². The molecule has 7 heteroatoms. The van der Waals surface area contributed by atoms with Crippen molar-refractivity contribution in [3.05, 3.63) is 46.8 Å². The summed E-state index contributed by atoms with van der Waals surface area (Å²) in [6.45, 7) is 3.60. The van der Waals surface area contributed by atoms with Crippen molar-refractivity contribution in [2.45, 2.75) is 26.3 Å². The summed E-state index contributed by atoms with van der Waals surface area (Å²) in [5.41, 5.74) is 4.37. The highest BCUT2D eigenvalue weighted by molar-refractivity contribution is 5.94. The van der Waals surface area contributed by atoms with Crippen molar-refractivity contribution in [3.8, 4) is 0 Å². The molecule has 1 aliphatic rings. The lowest BCUT2D eigenvalue weighted by Crippen LogP contribution is -2.29. The molecular weight excluding hydrogens is 306 g/mol. The number of anilines is 1. The lowest BCUT2D eigenvalue weighted by molar-refractivity contribution is -0.114. The van der Waals surface area contributed by atoms with Crippen molar-refractivity contribution >= 4 is 17.5 Å². The summed E-state index contributed by atoms with van der Waals surface area (Å²) in [4.78, 5) is 23.3. The number of nitrogens with zero attached hydrogens (tertiary/aromatic N) is 1. The van der Waals surface area contributed by atoms with Gasteiger partial charge in [0.25, 0.3) is 5.91 Å². The van der Waals surface area contributed by atoms with Crippen LogP contribution in [0.2, 0.25) is 0 Å². The SMILES string of the molecule is CC(=O)Nc1ccc(CCNC(=O)c2n[nH]c3c2CNCC3)cc1. The number of benzene rings is 1. The summed E-state index contributed by atoms with van der Waals surface area (Å²) >= 11 is 0. The Kier molecular flexibility index (Phi) is 4.90. The number of H-pyrrole nitrogens is 1. The number of carbonyl (C=O) groups excluding carboxylic acids is 2. The first-order valence-corrected chi connectivity index (χ1v) is 8.05. The molecule has 1 aliphatic heterocycles. The number of amides is 2. The molecule has 4 N–H and O–H groups in total. The van der Waals surface area contributed by atoms with E-state index in [9.17, 15) is 9.59 Å². The highest BCUT2D eigenvalue weighted by Gasteiger charge is 2.21. The Morgan fingerprint density at radius 3 is 2.79 bits per heavy atom. The molecule has 1 aromatic heterocycles. The minimum Gasteiger partial charge on any atom is -0.350 e. The van der Waals surface area contributed by atoms with Gasteiger partial charge in [-0.3, -0.25) is 14.7 Å². The van der Waals surface area contributed by atoms with Gasteiger partial charge in [0.1, 0.15) is 0 Å². The van der Waals surface area contributed by atoms with Gasteiger partial charge in [-0.1, -0.05) is 12.1 Å². The molecule has 1 aromatic carbocycles. The van der Waals surface area contributed by atoms with E-state index >= 15 is 0 Å². The van der Waals surface area contributed by atoms with Crippen LogP contribution in [0.25, 0.3) is 0 Å². The van der Waals surface area contributed by atoms with Crippen LogP contribution in [0.4, 0.5) is 5.69 Å². The van der Waals surface area contributed by atoms with Crippen LogP contribution in [0.15, 0.2) is 24.3 Å². The summed E-state index contributed by atoms with van der Waals surface area (Å²) in [5, 5.41) is 16.0. The molecule has 0 saturated carbocycles. The number of carbonyl (C=O) groups is 2. The number of aromatic nitrogens is 2. The fourth-order valence-corrected chi connectivity index (χ4v) is 2.78. The quantitative estimate of drug-likeness (QED) is 0.658. The van der Waals surface area contributed by atoms with Gasteiger partial charge in [0, 0.05) is 49.9 Å². The number of aromatic amines is 1. The van der Waals surface area contributed by atoms with Crippen LogP contribution < -0.4 is 16.0 Å². The Labute approximate surface area is 140 Å². The molecule has 0 spiro atoms. The highest BCUT2D eigenvalue weighted by atomic mass is 16.2. The number of rotatable bonds is 5. The average molecular weight is 327 g/mol. The zero-order valence-corrected chi connectivity index (χ0v) is 13.6. The molecule has 3 rings (SSSR count). The van der Waals surface area contributed by atoms with Crippen molar-refractivity contribution in [2.24, 2.45) is 0 Å². The topological polar surface area (TPSA) is 98.9 Å². The van der Waals surface area contributed by atoms with E-state index in [0.29, 0.717) is 18.8 Å². The maximum atomic E-state index is 12.3. The predicted octanol–water partition coefficient (Wildman–Crippen LogP) is 0.986. The van der Waals surface area contributed by atoms with Crippen LogP contribution in [-0.4, -0.2) is 35.1 Å². The molecule has 126 valence electrons. The first kappa shape index (κ1) is 16.2. The molecule has 2 aromatic rings. The van der Waals surface area contributed by atoms with Crippen LogP contribution in [0.5, 0.6) is 0 Å². The van der Waals surface area contributed by atoms with Gasteiger partial charge in [-0.2, -0.15) is 5.10 Å². The molecular formula is C17H21N5O2. The van der Waals surface area contributed by atoms with Crippen molar-refractivity contribution in [1.29, 1.82) is 0 Å². The van der Waals surface area contributed by atoms with Crippen molar-refractivity contribution in [1.82, 2.24) is 20.8 Å². The minimum atomic E-state index is -0.147. The lowest BCUT2D eigenvalue weighted by Gasteiger charge is -2.12. The summed E-state index contributed by atoms with van der Waals surface area (Å²) in [7, 11) is 0. The van der Waals surface area contributed by atoms with Gasteiger partial charge in [-0.25, -0.2) is 0 Å². The van der Waals surface area contributed by atoms with Crippen LogP contribution in [0, 0.1) is 0 Å². The predicted molar refractivity (Wildman–Crippen MR) is 90.8 cm³/mol. The second kappa shape index (κ2) is 7.27. The largest absolute Gasteiger partial charge is 0.350 e. The number of fused-ring (bicyclic) bond motifs is 1. The van der Waals surface area contributed by atoms with Crippen LogP contribution >= 0.6 is 0 Å². The van der Waals surface area contributed by atoms with E-state index in [2.05, 4.69) is 26.1 Å². The summed E-state index contributed by atoms with van der Waals surface area (Å²) in [6, 6.07) is 7.60. The molecule has 0 saturated heterocycles. The number of hydrogen-bond donors (Lipinski definition) is 4. The first-order chi connectivity index (χ1) is 11.6. The first-order valence-electron chi connectivity index (χ1n) is 8.05. The van der Waals surface area contributed by atoms with E-state index in [1.807, 2.05) is 24.3 Å². The summed E-state index contributed by atoms with van der Waals surface area (Å²) < 4.78 is 0. The van der Waals surface area contributed by atoms with Crippen LogP contribution in [0.3, 0.4) is 0 Å². The van der Waals surface area contributed by atoms with Gasteiger partial charge < -0.3 is 16.0 Å². The zero-order chi connectivity index (χ0) is 16.9. The maximum Gasteiger partial charge on any atom is 0.272 e. The van der Waals surface area contributed by atoms with Crippen LogP contribution in [0.1, 0.15) is 34.2 Å². The van der Waals surface area contributed by atoms with Gasteiger partial charge >= 0.3 is 0 Å². The molecule has 0 fully saturated rings. The standard InChI is InChI=1S/C17H21N5O2/c1-11(23)20-13-4-2-12(3-5-13)6-9-19-17(24)16-14-10-18-8-7-15(14)21-22-16/h2-5,18H,6-10H2,1H3,(H,19,24)(H,20,23)(H,21,22). The van der Waals surface area contributed by atoms with Gasteiger partial charge in [-0.15, -0.1) is 0 Å². The van der Waals surface area contributed by atoms with Gasteiger partial charge in [-0.05, 0) is 24.1 Å². The zero-order valence-electron chi connectivity index (χ0n) is 13.6. The molecule has 0 aliphatic carbocycles. The highest BCUT2D eigenvalue weighted by Crippen LogP contribution is 2.15. The monoisotopic (exact) mass is 327 g/mol.